The van der Waals surface area contributed by atoms with Gasteiger partial charge in [0.2, 0.25) is 0 Å². The minimum absolute atomic E-state index is 0.0613. The van der Waals surface area contributed by atoms with Gasteiger partial charge in [-0.05, 0) is 56.5 Å². The molecule has 1 fully saturated rings. The maximum atomic E-state index is 12.9. The number of amides is 3. The SMILES string of the molecule is CCC(C)NC(=O)c1cc(NC(=O)Nc2c(Cl)cccc2Cl)ccc1N1CCCC1. The Labute approximate surface area is 186 Å². The highest BCUT2D eigenvalue weighted by molar-refractivity contribution is 6.39. The fourth-order valence-corrected chi connectivity index (χ4v) is 3.82. The number of urea groups is 1. The maximum absolute atomic E-state index is 12.9. The summed E-state index contributed by atoms with van der Waals surface area (Å²) in [7, 11) is 0. The van der Waals surface area contributed by atoms with Crippen molar-refractivity contribution >= 4 is 52.2 Å². The molecular formula is C22H26Cl2N4O2. The highest BCUT2D eigenvalue weighted by atomic mass is 35.5. The van der Waals surface area contributed by atoms with Gasteiger partial charge in [0.25, 0.3) is 5.91 Å². The third-order valence-electron chi connectivity index (χ3n) is 5.14. The normalized spacial score (nSPS) is 14.3. The molecule has 8 heteroatoms. The number of halogens is 2. The third kappa shape index (κ3) is 5.37. The van der Waals surface area contributed by atoms with E-state index >= 15 is 0 Å². The fourth-order valence-electron chi connectivity index (χ4n) is 3.33. The van der Waals surface area contributed by atoms with Crippen molar-refractivity contribution in [3.8, 4) is 0 Å². The van der Waals surface area contributed by atoms with E-state index in [4.69, 9.17) is 23.2 Å². The minimum Gasteiger partial charge on any atom is -0.371 e. The van der Waals surface area contributed by atoms with Gasteiger partial charge >= 0.3 is 6.03 Å². The molecule has 0 aromatic heterocycles. The quantitative estimate of drug-likeness (QED) is 0.525. The van der Waals surface area contributed by atoms with E-state index in [2.05, 4.69) is 20.9 Å². The molecule has 0 aliphatic carbocycles. The van der Waals surface area contributed by atoms with Crippen molar-refractivity contribution in [1.29, 1.82) is 0 Å². The Kier molecular flexibility index (Phi) is 7.45. The standard InChI is InChI=1S/C22H26Cl2N4O2/c1-3-14(2)25-21(29)16-13-15(9-10-19(16)28-11-4-5-12-28)26-22(30)27-20-17(23)7-6-8-18(20)24/h6-10,13-14H,3-5,11-12H2,1-2H3,(H,25,29)(H2,26,27,30). The Balaban J connectivity index is 1.81. The van der Waals surface area contributed by atoms with Gasteiger partial charge in [-0.2, -0.15) is 0 Å². The molecule has 1 saturated heterocycles. The zero-order valence-corrected chi connectivity index (χ0v) is 18.6. The lowest BCUT2D eigenvalue weighted by Crippen LogP contribution is -2.33. The smallest absolute Gasteiger partial charge is 0.323 e. The highest BCUT2D eigenvalue weighted by Crippen LogP contribution is 2.31. The summed E-state index contributed by atoms with van der Waals surface area (Å²) >= 11 is 12.2. The fraction of sp³-hybridized carbons (Fsp3) is 0.364. The first-order valence-electron chi connectivity index (χ1n) is 10.1. The van der Waals surface area contributed by atoms with Gasteiger partial charge in [-0.3, -0.25) is 4.79 Å². The number of hydrogen-bond acceptors (Lipinski definition) is 3. The average molecular weight is 449 g/mol. The second-order valence-electron chi connectivity index (χ2n) is 7.38. The molecule has 6 nitrogen and oxygen atoms in total. The summed E-state index contributed by atoms with van der Waals surface area (Å²) in [5, 5.41) is 9.12. The first kappa shape index (κ1) is 22.2. The van der Waals surface area contributed by atoms with Gasteiger partial charge in [0.1, 0.15) is 0 Å². The number of nitrogens with zero attached hydrogens (tertiary/aromatic N) is 1. The number of carbonyl (C=O) groups excluding carboxylic acids is 2. The molecule has 1 aliphatic rings. The molecule has 160 valence electrons. The van der Waals surface area contributed by atoms with Gasteiger partial charge in [0.05, 0.1) is 21.3 Å². The lowest BCUT2D eigenvalue weighted by molar-refractivity contribution is 0.0940. The number of benzene rings is 2. The summed E-state index contributed by atoms with van der Waals surface area (Å²) < 4.78 is 0. The van der Waals surface area contributed by atoms with E-state index in [1.54, 1.807) is 30.3 Å². The van der Waals surface area contributed by atoms with Crippen LogP contribution in [0, 0.1) is 0 Å². The number of hydrogen-bond donors (Lipinski definition) is 3. The Morgan fingerprint density at radius 1 is 1.07 bits per heavy atom. The van der Waals surface area contributed by atoms with Crippen LogP contribution in [0.4, 0.5) is 21.9 Å². The molecule has 0 bridgehead atoms. The van der Waals surface area contributed by atoms with Crippen molar-refractivity contribution in [3.63, 3.8) is 0 Å². The van der Waals surface area contributed by atoms with Crippen molar-refractivity contribution in [2.75, 3.05) is 28.6 Å². The van der Waals surface area contributed by atoms with E-state index in [1.165, 1.54) is 0 Å². The second kappa shape index (κ2) is 10.0. The monoisotopic (exact) mass is 448 g/mol. The van der Waals surface area contributed by atoms with Gasteiger partial charge < -0.3 is 20.9 Å². The molecular weight excluding hydrogens is 423 g/mol. The molecule has 1 aliphatic heterocycles. The van der Waals surface area contributed by atoms with Gasteiger partial charge in [0, 0.05) is 30.5 Å². The van der Waals surface area contributed by atoms with Crippen molar-refractivity contribution < 1.29 is 9.59 Å². The molecule has 0 radical (unpaired) electrons. The van der Waals surface area contributed by atoms with Crippen LogP contribution in [0.3, 0.4) is 0 Å². The molecule has 1 heterocycles. The van der Waals surface area contributed by atoms with Crippen molar-refractivity contribution in [3.05, 3.63) is 52.0 Å². The molecule has 30 heavy (non-hydrogen) atoms. The summed E-state index contributed by atoms with van der Waals surface area (Å²) in [6.45, 7) is 5.83. The zero-order chi connectivity index (χ0) is 21.7. The molecule has 0 spiro atoms. The molecule has 0 saturated carbocycles. The van der Waals surface area contributed by atoms with Gasteiger partial charge in [-0.15, -0.1) is 0 Å². The van der Waals surface area contributed by atoms with Crippen LogP contribution in [0.15, 0.2) is 36.4 Å². The van der Waals surface area contributed by atoms with E-state index in [0.717, 1.165) is 38.0 Å². The van der Waals surface area contributed by atoms with E-state index in [-0.39, 0.29) is 11.9 Å². The molecule has 2 aromatic rings. The van der Waals surface area contributed by atoms with Crippen LogP contribution in [0.5, 0.6) is 0 Å². The molecule has 1 unspecified atom stereocenters. The number of anilines is 3. The number of nitrogens with one attached hydrogen (secondary N) is 3. The number of carbonyl (C=O) groups is 2. The van der Waals surface area contributed by atoms with E-state index in [9.17, 15) is 9.59 Å². The topological polar surface area (TPSA) is 73.5 Å². The largest absolute Gasteiger partial charge is 0.371 e. The Bertz CT molecular complexity index is 909. The summed E-state index contributed by atoms with van der Waals surface area (Å²) in [4.78, 5) is 27.6. The van der Waals surface area contributed by atoms with Crippen LogP contribution in [-0.4, -0.2) is 31.1 Å². The van der Waals surface area contributed by atoms with Crippen LogP contribution >= 0.6 is 23.2 Å². The molecule has 3 amide bonds. The summed E-state index contributed by atoms with van der Waals surface area (Å²) in [5.41, 5.74) is 2.27. The Morgan fingerprint density at radius 3 is 2.37 bits per heavy atom. The minimum atomic E-state index is -0.493. The predicted octanol–water partition coefficient (Wildman–Crippen LogP) is 5.77. The van der Waals surface area contributed by atoms with Crippen LogP contribution in [0.2, 0.25) is 10.0 Å². The summed E-state index contributed by atoms with van der Waals surface area (Å²) in [6, 6.07) is 9.94. The second-order valence-corrected chi connectivity index (χ2v) is 8.20. The first-order valence-corrected chi connectivity index (χ1v) is 10.9. The van der Waals surface area contributed by atoms with E-state index in [0.29, 0.717) is 27.0 Å². The highest BCUT2D eigenvalue weighted by Gasteiger charge is 2.21. The van der Waals surface area contributed by atoms with E-state index in [1.807, 2.05) is 19.9 Å². The van der Waals surface area contributed by atoms with E-state index < -0.39 is 6.03 Å². The Morgan fingerprint density at radius 2 is 1.73 bits per heavy atom. The summed E-state index contributed by atoms with van der Waals surface area (Å²) in [5.74, 6) is -0.149. The van der Waals surface area contributed by atoms with Crippen molar-refractivity contribution in [2.24, 2.45) is 0 Å². The molecule has 2 aromatic carbocycles. The third-order valence-corrected chi connectivity index (χ3v) is 5.77. The van der Waals surface area contributed by atoms with Crippen molar-refractivity contribution in [2.45, 2.75) is 39.2 Å². The Hall–Kier alpha value is -2.44. The van der Waals surface area contributed by atoms with Crippen LogP contribution in [0.25, 0.3) is 0 Å². The maximum Gasteiger partial charge on any atom is 0.323 e. The van der Waals surface area contributed by atoms with Gasteiger partial charge in [-0.1, -0.05) is 36.2 Å². The van der Waals surface area contributed by atoms with Crippen LogP contribution in [-0.2, 0) is 0 Å². The molecule has 1 atom stereocenters. The number of para-hydroxylation sites is 1. The number of rotatable bonds is 6. The predicted molar refractivity (Wildman–Crippen MR) is 124 cm³/mol. The molecule has 3 rings (SSSR count). The lowest BCUT2D eigenvalue weighted by Gasteiger charge is -2.23. The van der Waals surface area contributed by atoms with Gasteiger partial charge in [-0.25, -0.2) is 4.79 Å². The van der Waals surface area contributed by atoms with Gasteiger partial charge in [0.15, 0.2) is 0 Å². The summed E-state index contributed by atoms with van der Waals surface area (Å²) in [6.07, 6.45) is 3.05. The van der Waals surface area contributed by atoms with Crippen LogP contribution in [0.1, 0.15) is 43.5 Å². The average Bonchev–Trinajstić information content (AvgIpc) is 3.25. The zero-order valence-electron chi connectivity index (χ0n) is 17.1. The lowest BCUT2D eigenvalue weighted by atomic mass is 10.1. The molecule has 3 N–H and O–H groups in total. The van der Waals surface area contributed by atoms with Crippen molar-refractivity contribution in [1.82, 2.24) is 5.32 Å². The first-order chi connectivity index (χ1) is 14.4. The van der Waals surface area contributed by atoms with Crippen LogP contribution < -0.4 is 20.9 Å².